The minimum absolute atomic E-state index is 0.0799. The van der Waals surface area contributed by atoms with E-state index >= 15 is 0 Å². The number of Topliss-reactive ketones (excluding diaryl/α,β-unsaturated/α-hetero) is 1. The summed E-state index contributed by atoms with van der Waals surface area (Å²) in [6.45, 7) is 4.68. The molecule has 0 aliphatic carbocycles. The molecule has 1 heterocycles. The number of ether oxygens (including phenoxy) is 2. The predicted molar refractivity (Wildman–Crippen MR) is 91.6 cm³/mol. The molecule has 0 amide bonds. The van der Waals surface area contributed by atoms with Crippen LogP contribution in [0.15, 0.2) is 24.3 Å². The fourth-order valence-corrected chi connectivity index (χ4v) is 2.63. The molecule has 0 saturated heterocycles. The van der Waals surface area contributed by atoms with E-state index in [0.717, 1.165) is 0 Å². The molecule has 0 aliphatic rings. The quantitative estimate of drug-likeness (QED) is 0.605. The van der Waals surface area contributed by atoms with Gasteiger partial charge in [0, 0.05) is 11.4 Å². The summed E-state index contributed by atoms with van der Waals surface area (Å²) in [4.78, 5) is 39.3. The van der Waals surface area contributed by atoms with E-state index in [-0.39, 0.29) is 24.2 Å². The molecule has 0 fully saturated rings. The Morgan fingerprint density at radius 3 is 2.23 bits per heavy atom. The lowest BCUT2D eigenvalue weighted by Gasteiger charge is -2.07. The van der Waals surface area contributed by atoms with Crippen LogP contribution >= 0.6 is 0 Å². The first-order valence-electron chi connectivity index (χ1n) is 8.13. The molecule has 7 heteroatoms. The van der Waals surface area contributed by atoms with Crippen molar-refractivity contribution in [3.05, 3.63) is 58.2 Å². The van der Waals surface area contributed by atoms with Gasteiger partial charge in [-0.25, -0.2) is 9.18 Å². The fraction of sp³-hybridized carbons (Fsp3) is 0.316. The Morgan fingerprint density at radius 2 is 1.62 bits per heavy atom. The van der Waals surface area contributed by atoms with E-state index < -0.39 is 30.1 Å². The van der Waals surface area contributed by atoms with Crippen LogP contribution in [0.5, 0.6) is 0 Å². The van der Waals surface area contributed by atoms with Crippen molar-refractivity contribution in [3.8, 4) is 0 Å². The molecule has 2 rings (SSSR count). The second kappa shape index (κ2) is 8.42. The van der Waals surface area contributed by atoms with E-state index in [4.69, 9.17) is 9.47 Å². The number of ketones is 1. The minimum atomic E-state index is -0.618. The zero-order valence-electron chi connectivity index (χ0n) is 14.8. The molecule has 2 aromatic rings. The van der Waals surface area contributed by atoms with Crippen LogP contribution < -0.4 is 0 Å². The molecule has 0 radical (unpaired) electrons. The number of H-pyrrole nitrogens is 1. The van der Waals surface area contributed by atoms with Crippen molar-refractivity contribution in [1.82, 2.24) is 4.98 Å². The van der Waals surface area contributed by atoms with E-state index in [1.54, 1.807) is 20.8 Å². The number of carbonyl (C=O) groups is 3. The average molecular weight is 361 g/mol. The fourth-order valence-electron chi connectivity index (χ4n) is 2.63. The highest BCUT2D eigenvalue weighted by atomic mass is 19.1. The molecular formula is C19H20FNO5. The van der Waals surface area contributed by atoms with E-state index in [1.807, 2.05) is 0 Å². The third-order valence-corrected chi connectivity index (χ3v) is 3.76. The maximum absolute atomic E-state index is 12.9. The van der Waals surface area contributed by atoms with Crippen molar-refractivity contribution in [2.75, 3.05) is 13.2 Å². The number of aryl methyl sites for hydroxylation is 2. The number of halogens is 1. The number of hydrogen-bond acceptors (Lipinski definition) is 5. The third-order valence-electron chi connectivity index (χ3n) is 3.76. The number of aromatic amines is 1. The molecule has 0 aliphatic heterocycles. The summed E-state index contributed by atoms with van der Waals surface area (Å²) >= 11 is 0. The van der Waals surface area contributed by atoms with Gasteiger partial charge in [-0.2, -0.15) is 0 Å². The Hall–Kier alpha value is -2.96. The highest BCUT2D eigenvalue weighted by Gasteiger charge is 2.26. The topological polar surface area (TPSA) is 85.5 Å². The second-order valence-corrected chi connectivity index (χ2v) is 5.73. The van der Waals surface area contributed by atoms with Gasteiger partial charge in [0.25, 0.3) is 0 Å². The number of rotatable bonds is 7. The van der Waals surface area contributed by atoms with E-state index in [2.05, 4.69) is 4.98 Å². The van der Waals surface area contributed by atoms with Crippen molar-refractivity contribution in [2.24, 2.45) is 0 Å². The normalized spacial score (nSPS) is 10.5. The van der Waals surface area contributed by atoms with Crippen LogP contribution in [0.25, 0.3) is 0 Å². The van der Waals surface area contributed by atoms with Crippen LogP contribution in [0.4, 0.5) is 4.39 Å². The van der Waals surface area contributed by atoms with Gasteiger partial charge >= 0.3 is 11.9 Å². The molecule has 26 heavy (non-hydrogen) atoms. The Morgan fingerprint density at radius 1 is 1.00 bits per heavy atom. The molecule has 1 aromatic heterocycles. The highest BCUT2D eigenvalue weighted by Crippen LogP contribution is 2.20. The number of carbonyl (C=O) groups excluding carboxylic acids is 3. The number of benzene rings is 1. The van der Waals surface area contributed by atoms with Gasteiger partial charge in [0.2, 0.25) is 5.78 Å². The molecular weight excluding hydrogens is 341 g/mol. The first kappa shape index (κ1) is 19.4. The molecule has 1 aromatic carbocycles. The van der Waals surface area contributed by atoms with Gasteiger partial charge in [-0.15, -0.1) is 0 Å². The largest absolute Gasteiger partial charge is 0.462 e. The summed E-state index contributed by atoms with van der Waals surface area (Å²) < 4.78 is 22.8. The summed E-state index contributed by atoms with van der Waals surface area (Å²) in [6.07, 6.45) is -0.0799. The number of aromatic nitrogens is 1. The standard InChI is InChI=1S/C19H20FNO5/c1-4-25-19(24)18-12(3)21-11(2)17(18)15(22)10-26-16(23)9-13-5-7-14(20)8-6-13/h5-8,21H,4,9-10H2,1-3H3. The van der Waals surface area contributed by atoms with Crippen LogP contribution in [0.1, 0.15) is 44.6 Å². The van der Waals surface area contributed by atoms with Crippen LogP contribution in [0.2, 0.25) is 0 Å². The van der Waals surface area contributed by atoms with Crippen LogP contribution in [-0.2, 0) is 20.7 Å². The second-order valence-electron chi connectivity index (χ2n) is 5.73. The lowest BCUT2D eigenvalue weighted by molar-refractivity contribution is -0.141. The maximum Gasteiger partial charge on any atom is 0.340 e. The zero-order chi connectivity index (χ0) is 19.3. The molecule has 0 unspecified atom stereocenters. The Bertz CT molecular complexity index is 823. The zero-order valence-corrected chi connectivity index (χ0v) is 14.8. The summed E-state index contributed by atoms with van der Waals surface area (Å²) in [5, 5.41) is 0. The SMILES string of the molecule is CCOC(=O)c1c(C)[nH]c(C)c1C(=O)COC(=O)Cc1ccc(F)cc1. The minimum Gasteiger partial charge on any atom is -0.462 e. The van der Waals surface area contributed by atoms with Gasteiger partial charge in [0.1, 0.15) is 5.82 Å². The molecule has 138 valence electrons. The van der Waals surface area contributed by atoms with Crippen molar-refractivity contribution in [1.29, 1.82) is 0 Å². The first-order chi connectivity index (χ1) is 12.3. The number of nitrogens with one attached hydrogen (secondary N) is 1. The molecule has 6 nitrogen and oxygen atoms in total. The van der Waals surface area contributed by atoms with Gasteiger partial charge in [-0.05, 0) is 38.5 Å². The van der Waals surface area contributed by atoms with E-state index in [9.17, 15) is 18.8 Å². The van der Waals surface area contributed by atoms with Crippen molar-refractivity contribution in [3.63, 3.8) is 0 Å². The molecule has 0 saturated carbocycles. The predicted octanol–water partition coefficient (Wildman–Crippen LogP) is 2.92. The first-order valence-corrected chi connectivity index (χ1v) is 8.13. The van der Waals surface area contributed by atoms with E-state index in [1.165, 1.54) is 24.3 Å². The highest BCUT2D eigenvalue weighted by molar-refractivity contribution is 6.09. The Kier molecular flexibility index (Phi) is 6.27. The third kappa shape index (κ3) is 4.56. The lowest BCUT2D eigenvalue weighted by Crippen LogP contribution is -2.19. The van der Waals surface area contributed by atoms with Crippen LogP contribution in [0, 0.1) is 19.7 Å². The summed E-state index contributed by atoms with van der Waals surface area (Å²) in [6, 6.07) is 5.42. The van der Waals surface area contributed by atoms with Crippen molar-refractivity contribution < 1.29 is 28.2 Å². The maximum atomic E-state index is 12.9. The number of hydrogen-bond donors (Lipinski definition) is 1. The molecule has 0 spiro atoms. The van der Waals surface area contributed by atoms with Gasteiger partial charge in [-0.1, -0.05) is 12.1 Å². The molecule has 0 atom stereocenters. The summed E-state index contributed by atoms with van der Waals surface area (Å²) in [7, 11) is 0. The smallest absolute Gasteiger partial charge is 0.340 e. The van der Waals surface area contributed by atoms with Gasteiger partial charge in [0.05, 0.1) is 24.2 Å². The molecule has 0 bridgehead atoms. The average Bonchev–Trinajstić information content (AvgIpc) is 2.89. The van der Waals surface area contributed by atoms with Gasteiger partial charge < -0.3 is 14.5 Å². The van der Waals surface area contributed by atoms with E-state index in [0.29, 0.717) is 17.0 Å². The van der Waals surface area contributed by atoms with Gasteiger partial charge in [-0.3, -0.25) is 9.59 Å². The number of esters is 2. The van der Waals surface area contributed by atoms with Gasteiger partial charge in [0.15, 0.2) is 6.61 Å². The monoisotopic (exact) mass is 361 g/mol. The van der Waals surface area contributed by atoms with Crippen LogP contribution in [-0.4, -0.2) is 35.9 Å². The Labute approximate surface area is 150 Å². The van der Waals surface area contributed by atoms with Crippen molar-refractivity contribution in [2.45, 2.75) is 27.2 Å². The summed E-state index contributed by atoms with van der Waals surface area (Å²) in [5.74, 6) is -2.12. The van der Waals surface area contributed by atoms with Crippen LogP contribution in [0.3, 0.4) is 0 Å². The summed E-state index contributed by atoms with van der Waals surface area (Å²) in [5.41, 5.74) is 1.91. The Balaban J connectivity index is 2.04. The lowest BCUT2D eigenvalue weighted by atomic mass is 10.1. The molecule has 1 N–H and O–H groups in total. The van der Waals surface area contributed by atoms with Crippen molar-refractivity contribution >= 4 is 17.7 Å².